The Kier molecular flexibility index (Phi) is 3.96. The van der Waals surface area contributed by atoms with E-state index in [0.717, 1.165) is 19.2 Å². The molecule has 1 heterocycles. The number of hydrogen-bond donors (Lipinski definition) is 2. The van der Waals surface area contributed by atoms with E-state index in [1.165, 1.54) is 6.07 Å². The van der Waals surface area contributed by atoms with Crippen molar-refractivity contribution in [1.29, 1.82) is 0 Å². The lowest BCUT2D eigenvalue weighted by Crippen LogP contribution is -2.47. The van der Waals surface area contributed by atoms with Gasteiger partial charge in [-0.2, -0.15) is 0 Å². The number of aromatic carboxylic acids is 1. The Balaban J connectivity index is 2.13. The maximum Gasteiger partial charge on any atom is 0.338 e. The molecule has 2 rings (SSSR count). The Morgan fingerprint density at radius 2 is 1.84 bits per heavy atom. The summed E-state index contributed by atoms with van der Waals surface area (Å²) in [5, 5.41) is 10.5. The Morgan fingerprint density at radius 1 is 1.21 bits per heavy atom. The molecule has 2 N–H and O–H groups in total. The molecule has 0 spiro atoms. The molecule has 0 atom stereocenters. The molecule has 0 bridgehead atoms. The molecule has 1 aliphatic rings. The Labute approximate surface area is 109 Å². The number of carboxylic acids is 1. The fourth-order valence-electron chi connectivity index (χ4n) is 1.89. The summed E-state index contributed by atoms with van der Waals surface area (Å²) in [6.45, 7) is 3.01. The standard InChI is InChI=1S/C12H15F2N3O2/c1-16-4-6-17(7-5-16)15-9-3-2-8(12(18)19)10(13)11(9)14/h2-3,15H,4-7H2,1H3,(H,18,19). The Bertz CT molecular complexity index is 488. The number of carboxylic acid groups (broad SMARTS) is 1. The third-order valence-corrected chi connectivity index (χ3v) is 3.09. The van der Waals surface area contributed by atoms with E-state index >= 15 is 0 Å². The van der Waals surface area contributed by atoms with Gasteiger partial charge in [0.15, 0.2) is 11.6 Å². The minimum Gasteiger partial charge on any atom is -0.478 e. The quantitative estimate of drug-likeness (QED) is 0.866. The van der Waals surface area contributed by atoms with Gasteiger partial charge in [0, 0.05) is 26.2 Å². The van der Waals surface area contributed by atoms with Crippen LogP contribution in [0.4, 0.5) is 14.5 Å². The lowest BCUT2D eigenvalue weighted by Gasteiger charge is -2.33. The summed E-state index contributed by atoms with van der Waals surface area (Å²) in [6.07, 6.45) is 0. The third-order valence-electron chi connectivity index (χ3n) is 3.09. The molecule has 7 heteroatoms. The van der Waals surface area contributed by atoms with Gasteiger partial charge in [0.2, 0.25) is 0 Å². The maximum absolute atomic E-state index is 13.7. The van der Waals surface area contributed by atoms with Crippen LogP contribution in [0, 0.1) is 11.6 Å². The van der Waals surface area contributed by atoms with Gasteiger partial charge in [-0.3, -0.25) is 0 Å². The number of rotatable bonds is 3. The predicted octanol–water partition coefficient (Wildman–Crippen LogP) is 1.24. The van der Waals surface area contributed by atoms with Crippen LogP contribution in [0.25, 0.3) is 0 Å². The van der Waals surface area contributed by atoms with Crippen LogP contribution in [0.2, 0.25) is 0 Å². The molecule has 0 aromatic heterocycles. The van der Waals surface area contributed by atoms with Gasteiger partial charge >= 0.3 is 5.97 Å². The van der Waals surface area contributed by atoms with E-state index in [1.807, 2.05) is 7.05 Å². The molecule has 0 aliphatic carbocycles. The number of benzene rings is 1. The second-order valence-electron chi connectivity index (χ2n) is 4.50. The van der Waals surface area contributed by atoms with Crippen molar-refractivity contribution in [3.05, 3.63) is 29.3 Å². The first kappa shape index (κ1) is 13.7. The highest BCUT2D eigenvalue weighted by molar-refractivity contribution is 5.88. The molecule has 0 amide bonds. The van der Waals surface area contributed by atoms with Crippen molar-refractivity contribution in [3.63, 3.8) is 0 Å². The van der Waals surface area contributed by atoms with Crippen LogP contribution in [0.1, 0.15) is 10.4 Å². The first-order valence-electron chi connectivity index (χ1n) is 5.90. The van der Waals surface area contributed by atoms with Gasteiger partial charge in [-0.1, -0.05) is 0 Å². The van der Waals surface area contributed by atoms with Crippen molar-refractivity contribution < 1.29 is 18.7 Å². The largest absolute Gasteiger partial charge is 0.478 e. The van der Waals surface area contributed by atoms with E-state index in [4.69, 9.17) is 5.11 Å². The summed E-state index contributed by atoms with van der Waals surface area (Å²) in [4.78, 5) is 12.8. The number of anilines is 1. The normalized spacial score (nSPS) is 17.4. The highest BCUT2D eigenvalue weighted by atomic mass is 19.2. The molecule has 0 unspecified atom stereocenters. The first-order valence-corrected chi connectivity index (χ1v) is 5.90. The van der Waals surface area contributed by atoms with E-state index < -0.39 is 23.2 Å². The molecule has 0 radical (unpaired) electrons. The highest BCUT2D eigenvalue weighted by Crippen LogP contribution is 2.21. The average Bonchev–Trinajstić information content (AvgIpc) is 2.37. The van der Waals surface area contributed by atoms with Gasteiger partial charge in [0.25, 0.3) is 0 Å². The zero-order chi connectivity index (χ0) is 14.0. The number of hydrogen-bond acceptors (Lipinski definition) is 4. The fraction of sp³-hybridized carbons (Fsp3) is 0.417. The number of nitrogens with one attached hydrogen (secondary N) is 1. The highest BCUT2D eigenvalue weighted by Gasteiger charge is 2.20. The molecule has 1 aromatic carbocycles. The second-order valence-corrected chi connectivity index (χ2v) is 4.50. The first-order chi connectivity index (χ1) is 8.99. The molecular formula is C12H15F2N3O2. The summed E-state index contributed by atoms with van der Waals surface area (Å²) in [7, 11) is 1.99. The van der Waals surface area contributed by atoms with E-state index in [-0.39, 0.29) is 5.69 Å². The summed E-state index contributed by atoms with van der Waals surface area (Å²) in [5.74, 6) is -3.99. The summed E-state index contributed by atoms with van der Waals surface area (Å²) < 4.78 is 27.2. The van der Waals surface area contributed by atoms with E-state index in [2.05, 4.69) is 10.3 Å². The molecule has 1 saturated heterocycles. The summed E-state index contributed by atoms with van der Waals surface area (Å²) in [6, 6.07) is 2.29. The van der Waals surface area contributed by atoms with E-state index in [1.54, 1.807) is 5.01 Å². The van der Waals surface area contributed by atoms with Crippen molar-refractivity contribution in [3.8, 4) is 0 Å². The minimum absolute atomic E-state index is 0.0490. The average molecular weight is 271 g/mol. The Hall–Kier alpha value is -1.73. The number of hydrazine groups is 1. The Morgan fingerprint density at radius 3 is 2.42 bits per heavy atom. The van der Waals surface area contributed by atoms with Crippen molar-refractivity contribution in [2.75, 3.05) is 38.7 Å². The molecule has 0 saturated carbocycles. The van der Waals surface area contributed by atoms with Crippen molar-refractivity contribution >= 4 is 11.7 Å². The monoisotopic (exact) mass is 271 g/mol. The predicted molar refractivity (Wildman–Crippen MR) is 66.0 cm³/mol. The zero-order valence-electron chi connectivity index (χ0n) is 10.5. The molecule has 1 fully saturated rings. The topological polar surface area (TPSA) is 55.8 Å². The molecule has 1 aliphatic heterocycles. The smallest absolute Gasteiger partial charge is 0.338 e. The number of halogens is 2. The SMILES string of the molecule is CN1CCN(Nc2ccc(C(=O)O)c(F)c2F)CC1. The molecular weight excluding hydrogens is 256 g/mol. The van der Waals surface area contributed by atoms with Crippen LogP contribution in [0.15, 0.2) is 12.1 Å². The van der Waals surface area contributed by atoms with Crippen LogP contribution >= 0.6 is 0 Å². The zero-order valence-corrected chi connectivity index (χ0v) is 10.5. The number of piperazine rings is 1. The van der Waals surface area contributed by atoms with Crippen molar-refractivity contribution in [1.82, 2.24) is 9.91 Å². The van der Waals surface area contributed by atoms with Gasteiger partial charge in [-0.15, -0.1) is 0 Å². The van der Waals surface area contributed by atoms with Crippen LogP contribution in [0.3, 0.4) is 0 Å². The van der Waals surface area contributed by atoms with E-state index in [0.29, 0.717) is 13.1 Å². The van der Waals surface area contributed by atoms with Crippen molar-refractivity contribution in [2.45, 2.75) is 0 Å². The lowest BCUT2D eigenvalue weighted by molar-refractivity contribution is 0.0690. The summed E-state index contributed by atoms with van der Waals surface area (Å²) in [5.41, 5.74) is 2.06. The fourth-order valence-corrected chi connectivity index (χ4v) is 1.89. The molecule has 1 aromatic rings. The second kappa shape index (κ2) is 5.50. The van der Waals surface area contributed by atoms with E-state index in [9.17, 15) is 13.6 Å². The number of likely N-dealkylation sites (N-methyl/N-ethyl adjacent to an activating group) is 1. The van der Waals surface area contributed by atoms with Crippen LogP contribution in [-0.4, -0.2) is 54.2 Å². The van der Waals surface area contributed by atoms with Crippen LogP contribution < -0.4 is 5.43 Å². The van der Waals surface area contributed by atoms with Gasteiger partial charge in [0.1, 0.15) is 0 Å². The van der Waals surface area contributed by atoms with Crippen LogP contribution in [-0.2, 0) is 0 Å². The number of nitrogens with zero attached hydrogens (tertiary/aromatic N) is 2. The summed E-state index contributed by atoms with van der Waals surface area (Å²) >= 11 is 0. The molecule has 5 nitrogen and oxygen atoms in total. The van der Waals surface area contributed by atoms with Gasteiger partial charge < -0.3 is 15.4 Å². The van der Waals surface area contributed by atoms with Crippen molar-refractivity contribution in [2.24, 2.45) is 0 Å². The lowest BCUT2D eigenvalue weighted by atomic mass is 10.2. The van der Waals surface area contributed by atoms with Gasteiger partial charge in [-0.25, -0.2) is 18.6 Å². The number of carbonyl (C=O) groups is 1. The third kappa shape index (κ3) is 2.99. The van der Waals surface area contributed by atoms with Gasteiger partial charge in [-0.05, 0) is 19.2 Å². The molecule has 104 valence electrons. The maximum atomic E-state index is 13.7. The van der Waals surface area contributed by atoms with Gasteiger partial charge in [0.05, 0.1) is 11.3 Å². The minimum atomic E-state index is -1.48. The van der Waals surface area contributed by atoms with Crippen LogP contribution in [0.5, 0.6) is 0 Å². The molecule has 19 heavy (non-hydrogen) atoms.